The van der Waals surface area contributed by atoms with Crippen molar-refractivity contribution in [1.82, 2.24) is 0 Å². The van der Waals surface area contributed by atoms with E-state index in [0.717, 1.165) is 0 Å². The summed E-state index contributed by atoms with van der Waals surface area (Å²) in [5.41, 5.74) is 0. The minimum absolute atomic E-state index is 1.58. The van der Waals surface area contributed by atoms with Crippen LogP contribution in [-0.2, 0) is 27.4 Å². The van der Waals surface area contributed by atoms with Crippen LogP contribution in [0, 0.1) is 0 Å². The number of hydrogen-bond acceptors (Lipinski definition) is 3. The van der Waals surface area contributed by atoms with Gasteiger partial charge in [-0.15, -0.1) is 0 Å². The van der Waals surface area contributed by atoms with E-state index in [4.69, 9.17) is 12.3 Å². The van der Waals surface area contributed by atoms with Gasteiger partial charge in [0.05, 0.1) is 0 Å². The molecule has 0 aromatic carbocycles. The average Bonchev–Trinajstić information content (AvgIpc) is 1.67. The molecule has 0 aromatic rings. The van der Waals surface area contributed by atoms with Crippen LogP contribution in [-0.4, -0.2) is 17.3 Å². The van der Waals surface area contributed by atoms with Crippen molar-refractivity contribution in [1.29, 1.82) is 0 Å². The minimum atomic E-state index is -1.75. The van der Waals surface area contributed by atoms with Crippen LogP contribution in [0.4, 0.5) is 0 Å². The van der Waals surface area contributed by atoms with Crippen molar-refractivity contribution in [2.45, 2.75) is 19.6 Å². The monoisotopic (exact) mass is 187 g/mol. The maximum absolute atomic E-state index is 8.61. The van der Waals surface area contributed by atoms with E-state index < -0.39 is 27.8 Å². The molecule has 0 bridgehead atoms. The SMILES string of the molecule is C[Si](C)(C)OO.[O]=[Ti][OH]. The molecule has 0 heterocycles. The first-order chi connectivity index (χ1) is 3.97. The molecule has 0 fully saturated rings. The Kier molecular flexibility index (Phi) is 9.20. The third kappa shape index (κ3) is 28.9. The van der Waals surface area contributed by atoms with Crippen molar-refractivity contribution >= 4 is 8.32 Å². The third-order valence-corrected chi connectivity index (χ3v) is 0.822. The van der Waals surface area contributed by atoms with E-state index >= 15 is 0 Å². The van der Waals surface area contributed by atoms with Crippen LogP contribution in [0.2, 0.25) is 19.6 Å². The molecule has 0 radical (unpaired) electrons. The van der Waals surface area contributed by atoms with Crippen LogP contribution in [0.3, 0.4) is 0 Å². The van der Waals surface area contributed by atoms with E-state index in [2.05, 4.69) is 4.58 Å². The van der Waals surface area contributed by atoms with Gasteiger partial charge in [0.25, 0.3) is 0 Å². The van der Waals surface area contributed by atoms with Gasteiger partial charge in [0.15, 0.2) is 0 Å². The first-order valence-corrected chi connectivity index (χ1v) is 7.06. The zero-order chi connectivity index (χ0) is 7.91. The zero-order valence-electron chi connectivity index (χ0n) is 5.71. The molecule has 0 aliphatic rings. The summed E-state index contributed by atoms with van der Waals surface area (Å²) in [5, 5.41) is 7.96. The molecule has 9 heavy (non-hydrogen) atoms. The van der Waals surface area contributed by atoms with Gasteiger partial charge < -0.3 is 0 Å². The molecule has 0 atom stereocenters. The predicted octanol–water partition coefficient (Wildman–Crippen LogP) is 0.633. The van der Waals surface area contributed by atoms with Crippen LogP contribution < -0.4 is 0 Å². The van der Waals surface area contributed by atoms with E-state index in [1.807, 2.05) is 19.6 Å². The Bertz CT molecular complexity index is 70.7. The molecule has 0 saturated heterocycles. The summed E-state index contributed by atoms with van der Waals surface area (Å²) in [4.78, 5) is 0. The fraction of sp³-hybridized carbons (Fsp3) is 1.00. The number of rotatable bonds is 1. The first-order valence-electron chi connectivity index (χ1n) is 2.31. The summed E-state index contributed by atoms with van der Waals surface area (Å²) in [7, 11) is -1.58. The Hall–Kier alpha value is 0.611. The van der Waals surface area contributed by atoms with Crippen molar-refractivity contribution < 1.29 is 36.4 Å². The summed E-state index contributed by atoms with van der Waals surface area (Å²) in [6.07, 6.45) is 0. The molecule has 0 saturated carbocycles. The van der Waals surface area contributed by atoms with E-state index in [-0.39, 0.29) is 0 Å². The van der Waals surface area contributed by atoms with Crippen LogP contribution in [0.1, 0.15) is 0 Å². The van der Waals surface area contributed by atoms with Crippen molar-refractivity contribution in [3.05, 3.63) is 0 Å². The summed E-state index contributed by atoms with van der Waals surface area (Å²) < 4.78 is 19.8. The van der Waals surface area contributed by atoms with Crippen LogP contribution in [0.25, 0.3) is 0 Å². The normalized spacial score (nSPS) is 9.00. The van der Waals surface area contributed by atoms with Crippen molar-refractivity contribution in [2.75, 3.05) is 0 Å². The second-order valence-electron chi connectivity index (χ2n) is 2.29. The molecule has 0 rings (SSSR count). The molecule has 55 valence electrons. The topological polar surface area (TPSA) is 66.8 Å². The molecule has 0 aliphatic heterocycles. The van der Waals surface area contributed by atoms with Gasteiger partial charge in [-0.1, -0.05) is 0 Å². The fourth-order valence-corrected chi connectivity index (χ4v) is 0. The second kappa shape index (κ2) is 6.73. The Balaban J connectivity index is 0. The van der Waals surface area contributed by atoms with E-state index in [1.54, 1.807) is 0 Å². The Morgan fingerprint density at radius 3 is 1.56 bits per heavy atom. The van der Waals surface area contributed by atoms with Gasteiger partial charge in [0.2, 0.25) is 8.32 Å². The van der Waals surface area contributed by atoms with Gasteiger partial charge in [-0.05, 0) is 19.6 Å². The summed E-state index contributed by atoms with van der Waals surface area (Å²) in [6, 6.07) is 0. The molecule has 0 unspecified atom stereocenters. The van der Waals surface area contributed by atoms with Crippen molar-refractivity contribution in [3.8, 4) is 0 Å². The predicted molar refractivity (Wildman–Crippen MR) is 30.0 cm³/mol. The molecular formula is C3H11O4SiTi. The van der Waals surface area contributed by atoms with Gasteiger partial charge in [0.1, 0.15) is 0 Å². The maximum atomic E-state index is 8.61. The second-order valence-corrected chi connectivity index (χ2v) is 6.99. The fourth-order valence-electron chi connectivity index (χ4n) is 0. The van der Waals surface area contributed by atoms with Crippen molar-refractivity contribution in [2.24, 2.45) is 0 Å². The molecule has 4 nitrogen and oxygen atoms in total. The Labute approximate surface area is 64.6 Å². The molecule has 0 aromatic heterocycles. The molecule has 6 heteroatoms. The summed E-state index contributed by atoms with van der Waals surface area (Å²) >= 11 is -1.75. The molecule has 0 amide bonds. The van der Waals surface area contributed by atoms with Gasteiger partial charge >= 0.3 is 26.5 Å². The van der Waals surface area contributed by atoms with Gasteiger partial charge in [-0.2, -0.15) is 0 Å². The summed E-state index contributed by atoms with van der Waals surface area (Å²) in [6.45, 7) is 5.73. The van der Waals surface area contributed by atoms with Crippen LogP contribution in [0.5, 0.6) is 0 Å². The Morgan fingerprint density at radius 1 is 1.44 bits per heavy atom. The standard InChI is InChI=1S/C3H10O2Si.H2O.O.Ti/c1-6(2,3)5-4;;;/h4H,1-3H3;1H2;;/q;;;+1/p-1. The average molecular weight is 187 g/mol. The first kappa shape index (κ1) is 12.3. The Morgan fingerprint density at radius 2 is 1.56 bits per heavy atom. The third-order valence-electron chi connectivity index (χ3n) is 0.274. The quantitative estimate of drug-likeness (QED) is 0.359. The molecule has 0 aliphatic carbocycles. The molecular weight excluding hydrogens is 176 g/mol. The van der Waals surface area contributed by atoms with E-state index in [1.165, 1.54) is 0 Å². The van der Waals surface area contributed by atoms with Gasteiger partial charge in [-0.25, -0.2) is 0 Å². The van der Waals surface area contributed by atoms with Crippen LogP contribution >= 0.6 is 0 Å². The molecule has 0 spiro atoms. The molecule has 2 N–H and O–H groups in total. The zero-order valence-corrected chi connectivity index (χ0v) is 8.27. The van der Waals surface area contributed by atoms with E-state index in [0.29, 0.717) is 0 Å². The van der Waals surface area contributed by atoms with Gasteiger partial charge in [0, 0.05) is 0 Å². The summed E-state index contributed by atoms with van der Waals surface area (Å²) in [5.74, 6) is 0. The van der Waals surface area contributed by atoms with Gasteiger partial charge in [-0.3, -0.25) is 9.83 Å². The van der Waals surface area contributed by atoms with Crippen molar-refractivity contribution in [3.63, 3.8) is 0 Å². The van der Waals surface area contributed by atoms with E-state index in [9.17, 15) is 0 Å². The van der Waals surface area contributed by atoms with Crippen LogP contribution in [0.15, 0.2) is 0 Å². The number of hydrogen-bond donors (Lipinski definition) is 2.